The molecule has 0 unspecified atom stereocenters. The molecule has 0 atom stereocenters. The lowest BCUT2D eigenvalue weighted by molar-refractivity contribution is -0.384. The third kappa shape index (κ3) is 3.56. The predicted molar refractivity (Wildman–Crippen MR) is 112 cm³/mol. The van der Waals surface area contributed by atoms with Crippen LogP contribution in [0.3, 0.4) is 0 Å². The Bertz CT molecular complexity index is 1320. The minimum atomic E-state index is -1.10. The summed E-state index contributed by atoms with van der Waals surface area (Å²) in [5, 5.41) is 22.5. The summed E-state index contributed by atoms with van der Waals surface area (Å²) in [6.45, 7) is 0. The molecule has 32 heavy (non-hydrogen) atoms. The van der Waals surface area contributed by atoms with Crippen molar-refractivity contribution in [2.24, 2.45) is 0 Å². The van der Waals surface area contributed by atoms with Gasteiger partial charge in [0.15, 0.2) is 0 Å². The summed E-state index contributed by atoms with van der Waals surface area (Å²) in [6, 6.07) is 14.7. The van der Waals surface area contributed by atoms with Crippen LogP contribution in [0.25, 0.3) is 0 Å². The molecular weight excluding hydrogens is 418 g/mol. The zero-order chi connectivity index (χ0) is 23.0. The zero-order valence-electron chi connectivity index (χ0n) is 16.1. The number of carbonyl (C=O) groups excluding carboxylic acids is 3. The number of nitro benzene ring substituents is 1. The minimum absolute atomic E-state index is 0.0361. The number of benzene rings is 3. The molecule has 0 fully saturated rings. The van der Waals surface area contributed by atoms with Crippen molar-refractivity contribution in [2.45, 2.75) is 0 Å². The largest absolute Gasteiger partial charge is 0.478 e. The van der Waals surface area contributed by atoms with Crippen LogP contribution < -0.4 is 10.2 Å². The van der Waals surface area contributed by atoms with Gasteiger partial charge in [0, 0.05) is 23.4 Å². The van der Waals surface area contributed by atoms with Gasteiger partial charge in [0.25, 0.3) is 23.4 Å². The van der Waals surface area contributed by atoms with E-state index in [9.17, 15) is 29.3 Å². The molecule has 3 amide bonds. The first-order valence-electron chi connectivity index (χ1n) is 9.18. The predicted octanol–water partition coefficient (Wildman–Crippen LogP) is 3.35. The number of carboxylic acid groups (broad SMARTS) is 1. The van der Waals surface area contributed by atoms with Gasteiger partial charge in [-0.05, 0) is 48.5 Å². The number of non-ortho nitro benzene ring substituents is 1. The Morgan fingerprint density at radius 3 is 2.22 bits per heavy atom. The van der Waals surface area contributed by atoms with Crippen molar-refractivity contribution in [2.75, 3.05) is 10.2 Å². The van der Waals surface area contributed by atoms with Crippen LogP contribution in [-0.2, 0) is 0 Å². The molecule has 0 aliphatic carbocycles. The molecule has 0 aromatic heterocycles. The van der Waals surface area contributed by atoms with Gasteiger partial charge in [0.2, 0.25) is 0 Å². The summed E-state index contributed by atoms with van der Waals surface area (Å²) in [5.74, 6) is -3.01. The fourth-order valence-electron chi connectivity index (χ4n) is 3.26. The molecule has 1 aliphatic heterocycles. The number of aromatic carboxylic acids is 1. The third-order valence-corrected chi connectivity index (χ3v) is 4.84. The van der Waals surface area contributed by atoms with Crippen LogP contribution in [0.5, 0.6) is 0 Å². The quantitative estimate of drug-likeness (QED) is 0.358. The van der Waals surface area contributed by atoms with Gasteiger partial charge in [-0.1, -0.05) is 6.07 Å². The molecule has 0 spiro atoms. The normalized spacial score (nSPS) is 12.4. The van der Waals surface area contributed by atoms with Gasteiger partial charge in [0.1, 0.15) is 0 Å². The number of nitrogens with zero attached hydrogens (tertiary/aromatic N) is 2. The topological polar surface area (TPSA) is 147 Å². The van der Waals surface area contributed by atoms with E-state index in [1.807, 2.05) is 0 Å². The number of carbonyl (C=O) groups is 4. The van der Waals surface area contributed by atoms with Gasteiger partial charge in [-0.2, -0.15) is 0 Å². The SMILES string of the molecule is O=C(O)c1ccc(NC(=O)c2cccc(N3C(=O)c4ccc([N+](=O)[O-])cc4C3=O)c2)cc1. The van der Waals surface area contributed by atoms with Crippen molar-refractivity contribution in [1.82, 2.24) is 0 Å². The smallest absolute Gasteiger partial charge is 0.335 e. The summed E-state index contributed by atoms with van der Waals surface area (Å²) in [5.41, 5.74) is 0.342. The second kappa shape index (κ2) is 7.76. The summed E-state index contributed by atoms with van der Waals surface area (Å²) >= 11 is 0. The molecule has 3 aromatic carbocycles. The van der Waals surface area contributed by atoms with Crippen molar-refractivity contribution in [1.29, 1.82) is 0 Å². The van der Waals surface area contributed by atoms with E-state index in [0.717, 1.165) is 17.0 Å². The molecule has 3 aromatic rings. The van der Waals surface area contributed by atoms with Gasteiger partial charge in [-0.25, -0.2) is 9.69 Å². The highest BCUT2D eigenvalue weighted by atomic mass is 16.6. The number of hydrogen-bond donors (Lipinski definition) is 2. The van der Waals surface area contributed by atoms with Gasteiger partial charge in [-0.15, -0.1) is 0 Å². The fraction of sp³-hybridized carbons (Fsp3) is 0. The van der Waals surface area contributed by atoms with Crippen LogP contribution in [0, 0.1) is 10.1 Å². The first-order chi connectivity index (χ1) is 15.3. The molecule has 10 heteroatoms. The standard InChI is InChI=1S/C22H13N3O7/c26-19(23-14-6-4-12(5-7-14)22(29)30)13-2-1-3-15(10-13)24-20(27)17-9-8-16(25(31)32)11-18(17)21(24)28/h1-11H,(H,23,26)(H,29,30). The number of nitrogens with one attached hydrogen (secondary N) is 1. The van der Waals surface area contributed by atoms with E-state index >= 15 is 0 Å². The minimum Gasteiger partial charge on any atom is -0.478 e. The maximum Gasteiger partial charge on any atom is 0.335 e. The van der Waals surface area contributed by atoms with E-state index in [0.29, 0.717) is 5.69 Å². The lowest BCUT2D eigenvalue weighted by atomic mass is 10.1. The van der Waals surface area contributed by atoms with Crippen molar-refractivity contribution in [3.8, 4) is 0 Å². The van der Waals surface area contributed by atoms with Crippen LogP contribution in [0.4, 0.5) is 17.1 Å². The number of hydrogen-bond acceptors (Lipinski definition) is 6. The van der Waals surface area contributed by atoms with E-state index in [1.165, 1.54) is 54.6 Å². The number of carboxylic acids is 1. The van der Waals surface area contributed by atoms with Crippen molar-refractivity contribution >= 4 is 40.8 Å². The molecule has 0 bridgehead atoms. The molecule has 0 saturated heterocycles. The van der Waals surface area contributed by atoms with Crippen LogP contribution in [0.2, 0.25) is 0 Å². The first kappa shape index (κ1) is 20.4. The van der Waals surface area contributed by atoms with Gasteiger partial charge < -0.3 is 10.4 Å². The summed E-state index contributed by atoms with van der Waals surface area (Å²) < 4.78 is 0. The Balaban J connectivity index is 1.59. The average Bonchev–Trinajstić information content (AvgIpc) is 3.03. The second-order valence-electron chi connectivity index (χ2n) is 6.82. The van der Waals surface area contributed by atoms with Crippen molar-refractivity contribution in [3.05, 3.63) is 99.1 Å². The van der Waals surface area contributed by atoms with E-state index in [2.05, 4.69) is 5.32 Å². The number of fused-ring (bicyclic) bond motifs is 1. The van der Waals surface area contributed by atoms with Crippen LogP contribution in [0.1, 0.15) is 41.4 Å². The molecule has 1 aliphatic rings. The lowest BCUT2D eigenvalue weighted by Crippen LogP contribution is -2.29. The van der Waals surface area contributed by atoms with E-state index < -0.39 is 28.6 Å². The highest BCUT2D eigenvalue weighted by Gasteiger charge is 2.38. The van der Waals surface area contributed by atoms with Crippen LogP contribution in [0.15, 0.2) is 66.7 Å². The highest BCUT2D eigenvalue weighted by molar-refractivity contribution is 6.34. The number of anilines is 2. The third-order valence-electron chi connectivity index (χ3n) is 4.84. The highest BCUT2D eigenvalue weighted by Crippen LogP contribution is 2.31. The number of amides is 3. The van der Waals surface area contributed by atoms with Gasteiger partial charge >= 0.3 is 5.97 Å². The molecule has 1 heterocycles. The Labute approximate surface area is 179 Å². The molecule has 4 rings (SSSR count). The van der Waals surface area contributed by atoms with Crippen molar-refractivity contribution in [3.63, 3.8) is 0 Å². The van der Waals surface area contributed by atoms with Crippen molar-refractivity contribution < 1.29 is 29.2 Å². The number of imide groups is 1. The summed E-state index contributed by atoms with van der Waals surface area (Å²) in [7, 11) is 0. The molecule has 158 valence electrons. The van der Waals surface area contributed by atoms with Crippen LogP contribution >= 0.6 is 0 Å². The maximum atomic E-state index is 12.8. The zero-order valence-corrected chi connectivity index (χ0v) is 16.1. The lowest BCUT2D eigenvalue weighted by Gasteiger charge is -2.15. The Morgan fingerprint density at radius 2 is 1.56 bits per heavy atom. The Kier molecular flexibility index (Phi) is 4.95. The summed E-state index contributed by atoms with van der Waals surface area (Å²) in [4.78, 5) is 60.2. The molecule has 2 N–H and O–H groups in total. The van der Waals surface area contributed by atoms with Gasteiger partial charge in [-0.3, -0.25) is 24.5 Å². The summed E-state index contributed by atoms with van der Waals surface area (Å²) in [6.07, 6.45) is 0. The van der Waals surface area contributed by atoms with Gasteiger partial charge in [0.05, 0.1) is 27.3 Å². The monoisotopic (exact) mass is 431 g/mol. The van der Waals surface area contributed by atoms with E-state index in [-0.39, 0.29) is 33.6 Å². The maximum absolute atomic E-state index is 12.8. The molecule has 0 radical (unpaired) electrons. The van der Waals surface area contributed by atoms with E-state index in [1.54, 1.807) is 0 Å². The average molecular weight is 431 g/mol. The second-order valence-corrected chi connectivity index (χ2v) is 6.82. The van der Waals surface area contributed by atoms with Crippen LogP contribution in [-0.4, -0.2) is 33.7 Å². The number of rotatable bonds is 5. The van der Waals surface area contributed by atoms with E-state index in [4.69, 9.17) is 5.11 Å². The fourth-order valence-corrected chi connectivity index (χ4v) is 3.26. The molecule has 0 saturated carbocycles. The Morgan fingerprint density at radius 1 is 0.875 bits per heavy atom. The Hall–Kier alpha value is -4.86. The molecule has 10 nitrogen and oxygen atoms in total. The first-order valence-corrected chi connectivity index (χ1v) is 9.18. The molecular formula is C22H13N3O7. The number of nitro groups is 1.